The van der Waals surface area contributed by atoms with Crippen LogP contribution in [-0.4, -0.2) is 0 Å². The Morgan fingerprint density at radius 1 is 1.17 bits per heavy atom. The van der Waals surface area contributed by atoms with Crippen molar-refractivity contribution in [2.75, 3.05) is 0 Å². The summed E-state index contributed by atoms with van der Waals surface area (Å²) in [6, 6.07) is 0. The summed E-state index contributed by atoms with van der Waals surface area (Å²) < 4.78 is 0. The highest BCUT2D eigenvalue weighted by molar-refractivity contribution is 5.17. The van der Waals surface area contributed by atoms with E-state index in [-0.39, 0.29) is 0 Å². The van der Waals surface area contributed by atoms with Gasteiger partial charge in [-0.15, -0.1) is 6.58 Å². The molecule has 0 aromatic heterocycles. The van der Waals surface area contributed by atoms with E-state index in [1.54, 1.807) is 0 Å². The van der Waals surface area contributed by atoms with E-state index in [1.165, 1.54) is 19.3 Å². The number of hydrogen-bond acceptors (Lipinski definition) is 0. The lowest BCUT2D eigenvalue weighted by Gasteiger charge is -2.23. The van der Waals surface area contributed by atoms with Crippen LogP contribution in [0.15, 0.2) is 24.8 Å². The van der Waals surface area contributed by atoms with Crippen molar-refractivity contribution in [1.29, 1.82) is 0 Å². The van der Waals surface area contributed by atoms with Gasteiger partial charge in [0.1, 0.15) is 0 Å². The van der Waals surface area contributed by atoms with Crippen LogP contribution >= 0.6 is 0 Å². The minimum Gasteiger partial charge on any atom is -0.103 e. The highest BCUT2D eigenvalue weighted by Crippen LogP contribution is 2.59. The molecular formula is C12H16. The first-order valence-corrected chi connectivity index (χ1v) is 5.21. The summed E-state index contributed by atoms with van der Waals surface area (Å²) in [5.41, 5.74) is 0. The number of fused-ring (bicyclic) bond motifs is 5. The SMILES string of the molecule is C=CC1C2CCC1C1CC=CC21. The molecule has 0 aliphatic heterocycles. The van der Waals surface area contributed by atoms with Gasteiger partial charge in [0, 0.05) is 0 Å². The Hall–Kier alpha value is -0.520. The van der Waals surface area contributed by atoms with Gasteiger partial charge in [-0.1, -0.05) is 18.2 Å². The smallest absolute Gasteiger partial charge is 0.0165 e. The van der Waals surface area contributed by atoms with Crippen molar-refractivity contribution in [1.82, 2.24) is 0 Å². The fourth-order valence-electron chi connectivity index (χ4n) is 4.00. The molecule has 0 aromatic rings. The summed E-state index contributed by atoms with van der Waals surface area (Å²) >= 11 is 0. The molecule has 0 heterocycles. The Bertz CT molecular complexity index is 236. The minimum atomic E-state index is 0.866. The maximum absolute atomic E-state index is 3.99. The highest BCUT2D eigenvalue weighted by Gasteiger charge is 2.52. The predicted molar refractivity (Wildman–Crippen MR) is 50.6 cm³/mol. The molecule has 3 rings (SSSR count). The zero-order chi connectivity index (χ0) is 8.13. The molecule has 0 radical (unpaired) electrons. The molecule has 12 heavy (non-hydrogen) atoms. The second-order valence-corrected chi connectivity index (χ2v) is 4.62. The van der Waals surface area contributed by atoms with E-state index in [1.807, 2.05) is 0 Å². The summed E-state index contributed by atoms with van der Waals surface area (Å²) in [5, 5.41) is 0. The third-order valence-corrected chi connectivity index (χ3v) is 4.40. The van der Waals surface area contributed by atoms with Gasteiger partial charge in [-0.2, -0.15) is 0 Å². The fraction of sp³-hybridized carbons (Fsp3) is 0.667. The zero-order valence-electron chi connectivity index (χ0n) is 7.45. The van der Waals surface area contributed by atoms with E-state index in [0.29, 0.717) is 0 Å². The lowest BCUT2D eigenvalue weighted by atomic mass is 9.82. The van der Waals surface area contributed by atoms with E-state index in [4.69, 9.17) is 0 Å². The van der Waals surface area contributed by atoms with Crippen molar-refractivity contribution in [2.24, 2.45) is 29.6 Å². The summed E-state index contributed by atoms with van der Waals surface area (Å²) in [6.07, 6.45) is 11.4. The summed E-state index contributed by atoms with van der Waals surface area (Å²) in [6.45, 7) is 3.99. The molecule has 64 valence electrons. The van der Waals surface area contributed by atoms with E-state index in [0.717, 1.165) is 29.6 Å². The maximum atomic E-state index is 3.99. The van der Waals surface area contributed by atoms with Crippen molar-refractivity contribution in [3.05, 3.63) is 24.8 Å². The van der Waals surface area contributed by atoms with Crippen LogP contribution in [0.2, 0.25) is 0 Å². The molecule has 2 fully saturated rings. The van der Waals surface area contributed by atoms with Crippen LogP contribution < -0.4 is 0 Å². The van der Waals surface area contributed by atoms with E-state index < -0.39 is 0 Å². The van der Waals surface area contributed by atoms with Crippen molar-refractivity contribution >= 4 is 0 Å². The summed E-state index contributed by atoms with van der Waals surface area (Å²) in [5.74, 6) is 4.77. The molecule has 5 atom stereocenters. The molecule has 5 unspecified atom stereocenters. The highest BCUT2D eigenvalue weighted by atomic mass is 14.6. The Morgan fingerprint density at radius 3 is 2.75 bits per heavy atom. The molecule has 0 heteroatoms. The number of allylic oxidation sites excluding steroid dienone is 3. The Morgan fingerprint density at radius 2 is 2.00 bits per heavy atom. The number of hydrogen-bond donors (Lipinski definition) is 0. The van der Waals surface area contributed by atoms with Gasteiger partial charge in [0.15, 0.2) is 0 Å². The van der Waals surface area contributed by atoms with Gasteiger partial charge in [-0.05, 0) is 48.9 Å². The molecule has 3 aliphatic carbocycles. The standard InChI is InChI=1S/C12H16/c1-2-8-11-6-7-12(8)10-5-3-4-9(10)11/h2-4,8-12H,1,5-7H2. The minimum absolute atomic E-state index is 0.866. The third-order valence-electron chi connectivity index (χ3n) is 4.40. The van der Waals surface area contributed by atoms with Crippen molar-refractivity contribution in [3.8, 4) is 0 Å². The van der Waals surface area contributed by atoms with Gasteiger partial charge in [0.25, 0.3) is 0 Å². The largest absolute Gasteiger partial charge is 0.103 e. The van der Waals surface area contributed by atoms with Crippen LogP contribution in [0.4, 0.5) is 0 Å². The van der Waals surface area contributed by atoms with Crippen LogP contribution in [0.1, 0.15) is 19.3 Å². The second kappa shape index (κ2) is 2.25. The molecule has 0 nitrogen and oxygen atoms in total. The Labute approximate surface area is 74.4 Å². The number of rotatable bonds is 1. The molecule has 3 aliphatic rings. The molecule has 0 N–H and O–H groups in total. The Kier molecular flexibility index (Phi) is 1.30. The van der Waals surface area contributed by atoms with Crippen LogP contribution in [0, 0.1) is 29.6 Å². The molecule has 2 bridgehead atoms. The van der Waals surface area contributed by atoms with Gasteiger partial charge in [0.05, 0.1) is 0 Å². The molecule has 0 aromatic carbocycles. The lowest BCUT2D eigenvalue weighted by molar-refractivity contribution is 0.284. The monoisotopic (exact) mass is 160 g/mol. The molecule has 0 spiro atoms. The van der Waals surface area contributed by atoms with E-state index >= 15 is 0 Å². The van der Waals surface area contributed by atoms with Crippen molar-refractivity contribution < 1.29 is 0 Å². The van der Waals surface area contributed by atoms with Gasteiger partial charge >= 0.3 is 0 Å². The van der Waals surface area contributed by atoms with Gasteiger partial charge in [-0.25, -0.2) is 0 Å². The predicted octanol–water partition coefficient (Wildman–Crippen LogP) is 3.02. The topological polar surface area (TPSA) is 0 Å². The molecule has 0 amide bonds. The summed E-state index contributed by atoms with van der Waals surface area (Å²) in [7, 11) is 0. The zero-order valence-corrected chi connectivity index (χ0v) is 7.45. The summed E-state index contributed by atoms with van der Waals surface area (Å²) in [4.78, 5) is 0. The Balaban J connectivity index is 1.97. The van der Waals surface area contributed by atoms with E-state index in [2.05, 4.69) is 24.8 Å². The molecule has 0 saturated heterocycles. The third kappa shape index (κ3) is 0.646. The normalized spacial score (nSPS) is 54.5. The van der Waals surface area contributed by atoms with Crippen LogP contribution in [0.5, 0.6) is 0 Å². The van der Waals surface area contributed by atoms with Gasteiger partial charge in [-0.3, -0.25) is 0 Å². The van der Waals surface area contributed by atoms with Crippen molar-refractivity contribution in [3.63, 3.8) is 0 Å². The van der Waals surface area contributed by atoms with Gasteiger partial charge < -0.3 is 0 Å². The first-order valence-electron chi connectivity index (χ1n) is 5.21. The maximum Gasteiger partial charge on any atom is -0.0165 e. The van der Waals surface area contributed by atoms with Gasteiger partial charge in [0.2, 0.25) is 0 Å². The fourth-order valence-corrected chi connectivity index (χ4v) is 4.00. The first kappa shape index (κ1) is 6.94. The average molecular weight is 160 g/mol. The average Bonchev–Trinajstić information content (AvgIpc) is 2.75. The molecule has 2 saturated carbocycles. The van der Waals surface area contributed by atoms with E-state index in [9.17, 15) is 0 Å². The van der Waals surface area contributed by atoms with Crippen LogP contribution in [-0.2, 0) is 0 Å². The quantitative estimate of drug-likeness (QED) is 0.517. The van der Waals surface area contributed by atoms with Crippen LogP contribution in [0.3, 0.4) is 0 Å². The molecular weight excluding hydrogens is 144 g/mol. The van der Waals surface area contributed by atoms with Crippen molar-refractivity contribution in [2.45, 2.75) is 19.3 Å². The first-order chi connectivity index (χ1) is 5.92. The lowest BCUT2D eigenvalue weighted by Crippen LogP contribution is -2.16. The van der Waals surface area contributed by atoms with Crippen LogP contribution in [0.25, 0.3) is 0 Å². The second-order valence-electron chi connectivity index (χ2n) is 4.62.